The SMILES string of the molecule is CCNC(Cc1nc(C)c(C)s1)c1cc(C)cc(Cl)c1. The van der Waals surface area contributed by atoms with E-state index < -0.39 is 0 Å². The number of hydrogen-bond acceptors (Lipinski definition) is 3. The summed E-state index contributed by atoms with van der Waals surface area (Å²) in [4.78, 5) is 5.95. The van der Waals surface area contributed by atoms with Crippen LogP contribution in [0.1, 0.15) is 39.7 Å². The van der Waals surface area contributed by atoms with Crippen LogP contribution in [-0.4, -0.2) is 11.5 Å². The lowest BCUT2D eigenvalue weighted by molar-refractivity contribution is 0.548. The lowest BCUT2D eigenvalue weighted by atomic mass is 10.0. The number of aromatic nitrogens is 1. The predicted molar refractivity (Wildman–Crippen MR) is 87.9 cm³/mol. The number of nitrogens with zero attached hydrogens (tertiary/aromatic N) is 1. The van der Waals surface area contributed by atoms with Gasteiger partial charge in [-0.15, -0.1) is 11.3 Å². The predicted octanol–water partition coefficient (Wildman–Crippen LogP) is 4.62. The number of rotatable bonds is 5. The van der Waals surface area contributed by atoms with Crippen molar-refractivity contribution in [3.05, 3.63) is 49.9 Å². The third-order valence-corrected chi connectivity index (χ3v) is 4.68. The first-order valence-corrected chi connectivity index (χ1v) is 8.12. The highest BCUT2D eigenvalue weighted by atomic mass is 35.5. The summed E-state index contributed by atoms with van der Waals surface area (Å²) in [6.07, 6.45) is 0.910. The summed E-state index contributed by atoms with van der Waals surface area (Å²) in [7, 11) is 0. The minimum Gasteiger partial charge on any atom is -0.310 e. The molecule has 108 valence electrons. The second-order valence-electron chi connectivity index (χ2n) is 5.13. The van der Waals surface area contributed by atoms with Crippen molar-refractivity contribution < 1.29 is 0 Å². The second-order valence-corrected chi connectivity index (χ2v) is 6.85. The van der Waals surface area contributed by atoms with Gasteiger partial charge in [0.25, 0.3) is 0 Å². The van der Waals surface area contributed by atoms with Crippen LogP contribution in [0.5, 0.6) is 0 Å². The summed E-state index contributed by atoms with van der Waals surface area (Å²) < 4.78 is 0. The number of thiazole rings is 1. The fourth-order valence-corrected chi connectivity index (χ4v) is 3.60. The number of aryl methyl sites for hydroxylation is 3. The van der Waals surface area contributed by atoms with Crippen LogP contribution >= 0.6 is 22.9 Å². The Hall–Kier alpha value is -0.900. The maximum atomic E-state index is 6.19. The highest BCUT2D eigenvalue weighted by Crippen LogP contribution is 2.26. The lowest BCUT2D eigenvalue weighted by Crippen LogP contribution is -2.23. The van der Waals surface area contributed by atoms with Crippen LogP contribution in [0.2, 0.25) is 5.02 Å². The van der Waals surface area contributed by atoms with E-state index in [0.29, 0.717) is 0 Å². The Morgan fingerprint density at radius 3 is 2.55 bits per heavy atom. The quantitative estimate of drug-likeness (QED) is 0.872. The summed E-state index contributed by atoms with van der Waals surface area (Å²) >= 11 is 7.97. The monoisotopic (exact) mass is 308 g/mol. The maximum Gasteiger partial charge on any atom is 0.0949 e. The van der Waals surface area contributed by atoms with E-state index in [2.05, 4.69) is 50.1 Å². The molecule has 20 heavy (non-hydrogen) atoms. The summed E-state index contributed by atoms with van der Waals surface area (Å²) in [5, 5.41) is 5.52. The molecular formula is C16H21ClN2S. The van der Waals surface area contributed by atoms with E-state index in [1.807, 2.05) is 6.07 Å². The van der Waals surface area contributed by atoms with Gasteiger partial charge in [0.05, 0.1) is 10.7 Å². The Morgan fingerprint density at radius 2 is 2.00 bits per heavy atom. The molecule has 2 aromatic rings. The van der Waals surface area contributed by atoms with E-state index in [9.17, 15) is 0 Å². The minimum atomic E-state index is 0.266. The number of benzene rings is 1. The third kappa shape index (κ3) is 3.81. The molecular weight excluding hydrogens is 288 g/mol. The van der Waals surface area contributed by atoms with Crippen LogP contribution in [-0.2, 0) is 6.42 Å². The fraction of sp³-hybridized carbons (Fsp3) is 0.438. The smallest absolute Gasteiger partial charge is 0.0949 e. The van der Waals surface area contributed by atoms with Crippen LogP contribution in [0.4, 0.5) is 0 Å². The molecule has 1 aromatic heterocycles. The molecule has 0 aliphatic heterocycles. The van der Waals surface area contributed by atoms with Gasteiger partial charge in [0.2, 0.25) is 0 Å². The van der Waals surface area contributed by atoms with Gasteiger partial charge in [0.1, 0.15) is 0 Å². The Labute approximate surface area is 130 Å². The number of halogens is 1. The van der Waals surface area contributed by atoms with Crippen LogP contribution in [0.25, 0.3) is 0 Å². The van der Waals surface area contributed by atoms with E-state index in [1.165, 1.54) is 21.0 Å². The van der Waals surface area contributed by atoms with E-state index in [0.717, 1.165) is 23.7 Å². The lowest BCUT2D eigenvalue weighted by Gasteiger charge is -2.18. The molecule has 0 aliphatic rings. The van der Waals surface area contributed by atoms with Gasteiger partial charge >= 0.3 is 0 Å². The zero-order valence-electron chi connectivity index (χ0n) is 12.5. The van der Waals surface area contributed by atoms with Crippen LogP contribution in [0, 0.1) is 20.8 Å². The molecule has 0 aliphatic carbocycles. The number of likely N-dealkylation sites (N-methyl/N-ethyl adjacent to an activating group) is 1. The van der Waals surface area contributed by atoms with Crippen molar-refractivity contribution >= 4 is 22.9 Å². The van der Waals surface area contributed by atoms with Crippen molar-refractivity contribution in [2.75, 3.05) is 6.54 Å². The number of hydrogen-bond donors (Lipinski definition) is 1. The molecule has 2 nitrogen and oxygen atoms in total. The van der Waals surface area contributed by atoms with E-state index in [-0.39, 0.29) is 6.04 Å². The molecule has 0 saturated carbocycles. The van der Waals surface area contributed by atoms with Crippen LogP contribution in [0.15, 0.2) is 18.2 Å². The first kappa shape index (κ1) is 15.5. The molecule has 1 atom stereocenters. The standard InChI is InChI=1S/C16H21ClN2S/c1-5-18-15(9-16-19-11(3)12(4)20-16)13-6-10(2)7-14(17)8-13/h6-8,15,18H,5,9H2,1-4H3. The molecule has 2 rings (SSSR count). The van der Waals surface area contributed by atoms with Gasteiger partial charge in [-0.05, 0) is 50.6 Å². The van der Waals surface area contributed by atoms with Gasteiger partial charge in [0, 0.05) is 22.4 Å². The summed E-state index contributed by atoms with van der Waals surface area (Å²) in [5.74, 6) is 0. The summed E-state index contributed by atoms with van der Waals surface area (Å²) in [6.45, 7) is 9.34. The molecule has 0 saturated heterocycles. The van der Waals surface area contributed by atoms with Crippen LogP contribution < -0.4 is 5.32 Å². The van der Waals surface area contributed by atoms with Gasteiger partial charge in [-0.2, -0.15) is 0 Å². The molecule has 1 heterocycles. The van der Waals surface area contributed by atoms with Crippen molar-refractivity contribution in [2.45, 2.75) is 40.2 Å². The largest absolute Gasteiger partial charge is 0.310 e. The molecule has 0 fully saturated rings. The first-order chi connectivity index (χ1) is 9.49. The van der Waals surface area contributed by atoms with Gasteiger partial charge in [-0.1, -0.05) is 24.6 Å². The highest BCUT2D eigenvalue weighted by Gasteiger charge is 2.15. The van der Waals surface area contributed by atoms with Gasteiger partial charge < -0.3 is 5.32 Å². The van der Waals surface area contributed by atoms with Gasteiger partial charge in [-0.3, -0.25) is 0 Å². The van der Waals surface area contributed by atoms with Crippen molar-refractivity contribution in [1.82, 2.24) is 10.3 Å². The summed E-state index contributed by atoms with van der Waals surface area (Å²) in [6, 6.07) is 6.51. The van der Waals surface area contributed by atoms with Crippen molar-refractivity contribution in [3.8, 4) is 0 Å². The first-order valence-electron chi connectivity index (χ1n) is 6.93. The zero-order valence-corrected chi connectivity index (χ0v) is 14.0. The fourth-order valence-electron chi connectivity index (χ4n) is 2.32. The average molecular weight is 309 g/mol. The molecule has 0 bridgehead atoms. The van der Waals surface area contributed by atoms with E-state index in [1.54, 1.807) is 11.3 Å². The molecule has 1 unspecified atom stereocenters. The maximum absolute atomic E-state index is 6.19. The Morgan fingerprint density at radius 1 is 1.25 bits per heavy atom. The minimum absolute atomic E-state index is 0.266. The van der Waals surface area contributed by atoms with Gasteiger partial charge in [-0.25, -0.2) is 4.98 Å². The average Bonchev–Trinajstić information content (AvgIpc) is 2.66. The van der Waals surface area contributed by atoms with Gasteiger partial charge in [0.15, 0.2) is 0 Å². The third-order valence-electron chi connectivity index (χ3n) is 3.37. The van der Waals surface area contributed by atoms with Crippen LogP contribution in [0.3, 0.4) is 0 Å². The second kappa shape index (κ2) is 6.70. The Balaban J connectivity index is 2.26. The molecule has 1 N–H and O–H groups in total. The Bertz CT molecular complexity index is 552. The normalized spacial score (nSPS) is 12.7. The number of nitrogens with one attached hydrogen (secondary N) is 1. The zero-order chi connectivity index (χ0) is 14.7. The van der Waals surface area contributed by atoms with E-state index in [4.69, 9.17) is 11.6 Å². The molecule has 0 radical (unpaired) electrons. The highest BCUT2D eigenvalue weighted by molar-refractivity contribution is 7.11. The Kier molecular flexibility index (Phi) is 5.19. The van der Waals surface area contributed by atoms with E-state index >= 15 is 0 Å². The van der Waals surface area contributed by atoms with Crippen molar-refractivity contribution in [2.24, 2.45) is 0 Å². The topological polar surface area (TPSA) is 24.9 Å². The van der Waals surface area contributed by atoms with Crippen molar-refractivity contribution in [3.63, 3.8) is 0 Å². The molecule has 0 amide bonds. The molecule has 0 spiro atoms. The summed E-state index contributed by atoms with van der Waals surface area (Å²) in [5.41, 5.74) is 3.58. The molecule has 1 aromatic carbocycles. The molecule has 4 heteroatoms. The van der Waals surface area contributed by atoms with Crippen molar-refractivity contribution in [1.29, 1.82) is 0 Å².